The van der Waals surface area contributed by atoms with Crippen molar-refractivity contribution in [1.82, 2.24) is 0 Å². The van der Waals surface area contributed by atoms with E-state index in [0.717, 1.165) is 12.1 Å². The Morgan fingerprint density at radius 2 is 2.22 bits per heavy atom. The zero-order chi connectivity index (χ0) is 7.07. The third-order valence-electron chi connectivity index (χ3n) is 1.89. The highest BCUT2D eigenvalue weighted by Crippen LogP contribution is 2.12. The first kappa shape index (κ1) is 6.78. The van der Waals surface area contributed by atoms with Crippen LogP contribution in [0.2, 0.25) is 0 Å². The van der Waals surface area contributed by atoms with Crippen LogP contribution in [0.1, 0.15) is 27.2 Å². The Bertz CT molecular complexity index is 149. The fourth-order valence-electron chi connectivity index (χ4n) is 1.13. The minimum Gasteiger partial charge on any atom is -0.629 e. The van der Waals surface area contributed by atoms with Crippen LogP contribution in [0, 0.1) is 5.21 Å². The zero-order valence-corrected chi connectivity index (χ0v) is 6.19. The Morgan fingerprint density at radius 3 is 2.33 bits per heavy atom. The highest BCUT2D eigenvalue weighted by atomic mass is 16.5. The molecule has 1 atom stereocenters. The van der Waals surface area contributed by atoms with E-state index in [4.69, 9.17) is 0 Å². The van der Waals surface area contributed by atoms with Crippen LogP contribution in [-0.4, -0.2) is 5.54 Å². The summed E-state index contributed by atoms with van der Waals surface area (Å²) in [6.07, 6.45) is 2.93. The molecular weight excluding hydrogens is 114 g/mol. The summed E-state index contributed by atoms with van der Waals surface area (Å²) >= 11 is 0. The topological polar surface area (TPSA) is 27.5 Å². The molecular formula is C7H13NO. The summed E-state index contributed by atoms with van der Waals surface area (Å²) in [5, 5.41) is 11.5. The lowest BCUT2D eigenvalue weighted by Crippen LogP contribution is -3.11. The van der Waals surface area contributed by atoms with Crippen molar-refractivity contribution in [3.63, 3.8) is 0 Å². The largest absolute Gasteiger partial charge is 0.629 e. The van der Waals surface area contributed by atoms with Crippen LogP contribution in [0.4, 0.5) is 0 Å². The Morgan fingerprint density at radius 1 is 1.67 bits per heavy atom. The molecule has 52 valence electrons. The first-order chi connectivity index (χ1) is 4.04. The molecule has 0 fully saturated rings. The van der Waals surface area contributed by atoms with Crippen molar-refractivity contribution < 1.29 is 5.06 Å². The zero-order valence-electron chi connectivity index (χ0n) is 6.19. The van der Waals surface area contributed by atoms with Gasteiger partial charge < -0.3 is 10.3 Å². The summed E-state index contributed by atoms with van der Waals surface area (Å²) in [5.41, 5.74) is 0.823. The molecule has 9 heavy (non-hydrogen) atoms. The highest BCUT2D eigenvalue weighted by Gasteiger charge is 2.30. The second-order valence-electron chi connectivity index (χ2n) is 3.30. The van der Waals surface area contributed by atoms with Crippen LogP contribution in [0.5, 0.6) is 0 Å². The van der Waals surface area contributed by atoms with Crippen LogP contribution in [-0.2, 0) is 0 Å². The lowest BCUT2D eigenvalue weighted by atomic mass is 10.0. The van der Waals surface area contributed by atoms with Crippen LogP contribution in [0.25, 0.3) is 0 Å². The standard InChI is InChI=1S/C7H13NO/c1-6-4-5-7(2,3)8(6)9/h4,8H,5H2,1-3H3. The van der Waals surface area contributed by atoms with Crippen LogP contribution in [0.3, 0.4) is 0 Å². The van der Waals surface area contributed by atoms with Gasteiger partial charge in [-0.25, -0.2) is 0 Å². The maximum absolute atomic E-state index is 11.2. The van der Waals surface area contributed by atoms with E-state index >= 15 is 0 Å². The van der Waals surface area contributed by atoms with Gasteiger partial charge in [-0.3, -0.25) is 0 Å². The predicted molar refractivity (Wildman–Crippen MR) is 36.8 cm³/mol. The minimum atomic E-state index is -0.107. The van der Waals surface area contributed by atoms with Gasteiger partial charge in [0.2, 0.25) is 0 Å². The van der Waals surface area contributed by atoms with Gasteiger partial charge in [-0.1, -0.05) is 0 Å². The van der Waals surface area contributed by atoms with Crippen molar-refractivity contribution in [1.29, 1.82) is 0 Å². The molecule has 0 bridgehead atoms. The Kier molecular flexibility index (Phi) is 1.37. The summed E-state index contributed by atoms with van der Waals surface area (Å²) in [6, 6.07) is 0. The summed E-state index contributed by atoms with van der Waals surface area (Å²) in [7, 11) is 0. The molecule has 0 amide bonds. The molecule has 0 aliphatic carbocycles. The van der Waals surface area contributed by atoms with Crippen molar-refractivity contribution in [3.05, 3.63) is 17.0 Å². The summed E-state index contributed by atoms with van der Waals surface area (Å²) in [5.74, 6) is 0. The second-order valence-corrected chi connectivity index (χ2v) is 3.30. The molecule has 0 aromatic rings. The number of quaternary nitrogens is 1. The molecule has 1 rings (SSSR count). The van der Waals surface area contributed by atoms with Gasteiger partial charge in [-0.05, 0) is 19.9 Å². The number of rotatable bonds is 0. The van der Waals surface area contributed by atoms with Gasteiger partial charge in [-0.15, -0.1) is 0 Å². The van der Waals surface area contributed by atoms with E-state index in [9.17, 15) is 5.21 Å². The van der Waals surface area contributed by atoms with Crippen molar-refractivity contribution in [2.45, 2.75) is 32.7 Å². The number of hydrogen-bond donors (Lipinski definition) is 1. The van der Waals surface area contributed by atoms with Gasteiger partial charge in [0, 0.05) is 13.3 Å². The Labute approximate surface area is 55.7 Å². The van der Waals surface area contributed by atoms with Gasteiger partial charge in [-0.2, -0.15) is 0 Å². The average Bonchev–Trinajstić information content (AvgIpc) is 1.97. The second kappa shape index (κ2) is 1.82. The van der Waals surface area contributed by atoms with Crippen LogP contribution in [0.15, 0.2) is 11.8 Å². The van der Waals surface area contributed by atoms with Crippen molar-refractivity contribution in [2.24, 2.45) is 0 Å². The molecule has 0 aromatic carbocycles. The van der Waals surface area contributed by atoms with E-state index < -0.39 is 0 Å². The van der Waals surface area contributed by atoms with Gasteiger partial charge in [0.15, 0.2) is 0 Å². The first-order valence-electron chi connectivity index (χ1n) is 3.25. The molecule has 1 heterocycles. The molecule has 0 saturated heterocycles. The molecule has 1 aliphatic rings. The van der Waals surface area contributed by atoms with Gasteiger partial charge >= 0.3 is 0 Å². The van der Waals surface area contributed by atoms with E-state index in [1.807, 2.05) is 26.8 Å². The van der Waals surface area contributed by atoms with E-state index in [-0.39, 0.29) is 5.54 Å². The van der Waals surface area contributed by atoms with E-state index in [0.29, 0.717) is 5.06 Å². The molecule has 1 aliphatic heterocycles. The normalized spacial score (nSPS) is 32.4. The summed E-state index contributed by atoms with van der Waals surface area (Å²) in [6.45, 7) is 5.86. The lowest BCUT2D eigenvalue weighted by Gasteiger charge is -2.32. The van der Waals surface area contributed by atoms with Crippen molar-refractivity contribution >= 4 is 0 Å². The maximum Gasteiger partial charge on any atom is 0.101 e. The molecule has 0 saturated carbocycles. The molecule has 2 heteroatoms. The van der Waals surface area contributed by atoms with Gasteiger partial charge in [0.25, 0.3) is 0 Å². The molecule has 2 nitrogen and oxygen atoms in total. The van der Waals surface area contributed by atoms with Gasteiger partial charge in [0.05, 0.1) is 5.54 Å². The number of allylic oxidation sites excluding steroid dienone is 1. The van der Waals surface area contributed by atoms with E-state index in [2.05, 4.69) is 0 Å². The average molecular weight is 127 g/mol. The van der Waals surface area contributed by atoms with Gasteiger partial charge in [0.1, 0.15) is 5.70 Å². The fourth-order valence-corrected chi connectivity index (χ4v) is 1.13. The molecule has 0 aromatic heterocycles. The third-order valence-corrected chi connectivity index (χ3v) is 1.89. The summed E-state index contributed by atoms with van der Waals surface area (Å²) < 4.78 is 0. The smallest absolute Gasteiger partial charge is 0.101 e. The van der Waals surface area contributed by atoms with E-state index in [1.54, 1.807) is 0 Å². The summed E-state index contributed by atoms with van der Waals surface area (Å²) in [4.78, 5) is 0. The molecule has 1 N–H and O–H groups in total. The highest BCUT2D eigenvalue weighted by molar-refractivity contribution is 4.99. The number of hydroxylamine groups is 2. The maximum atomic E-state index is 11.2. The SMILES string of the molecule is CC1=CCC(C)(C)[NH+]1[O-]. The van der Waals surface area contributed by atoms with Crippen molar-refractivity contribution in [3.8, 4) is 0 Å². The number of hydrogen-bond acceptors (Lipinski definition) is 1. The van der Waals surface area contributed by atoms with Crippen LogP contribution < -0.4 is 5.06 Å². The monoisotopic (exact) mass is 127 g/mol. The Hall–Kier alpha value is -0.340. The Balaban J connectivity index is 2.73. The van der Waals surface area contributed by atoms with Crippen LogP contribution >= 0.6 is 0 Å². The quantitative estimate of drug-likeness (QED) is 0.470. The molecule has 0 spiro atoms. The van der Waals surface area contributed by atoms with E-state index in [1.165, 1.54) is 0 Å². The minimum absolute atomic E-state index is 0.107. The van der Waals surface area contributed by atoms with Crippen molar-refractivity contribution in [2.75, 3.05) is 0 Å². The number of nitrogens with one attached hydrogen (secondary N) is 1. The predicted octanol–water partition coefficient (Wildman–Crippen LogP) is 0.455. The first-order valence-corrected chi connectivity index (χ1v) is 3.25. The lowest BCUT2D eigenvalue weighted by molar-refractivity contribution is -0.854. The third kappa shape index (κ3) is 1.00. The fraction of sp³-hybridized carbons (Fsp3) is 0.714. The molecule has 0 radical (unpaired) electrons. The molecule has 1 unspecified atom stereocenters.